The van der Waals surface area contributed by atoms with Crippen LogP contribution in [0.5, 0.6) is 0 Å². The quantitative estimate of drug-likeness (QED) is 0.839. The van der Waals surface area contributed by atoms with Crippen molar-refractivity contribution in [3.63, 3.8) is 0 Å². The third kappa shape index (κ3) is 5.09. The first-order valence-electron chi connectivity index (χ1n) is 6.03. The number of hydrogen-bond donors (Lipinski definition) is 1. The third-order valence-electron chi connectivity index (χ3n) is 2.62. The zero-order chi connectivity index (χ0) is 14.3. The average Bonchev–Trinajstić information content (AvgIpc) is 2.38. The van der Waals surface area contributed by atoms with Crippen LogP contribution in [-0.2, 0) is 6.54 Å². The Morgan fingerprint density at radius 3 is 2.84 bits per heavy atom. The molecule has 3 nitrogen and oxygen atoms in total. The molecule has 1 aromatic rings. The molecule has 0 aromatic heterocycles. The van der Waals surface area contributed by atoms with Gasteiger partial charge in [-0.25, -0.2) is 4.39 Å². The molecule has 1 unspecified atom stereocenters. The largest absolute Gasteiger partial charge is 0.384 e. The predicted molar refractivity (Wildman–Crippen MR) is 71.5 cm³/mol. The van der Waals surface area contributed by atoms with E-state index in [1.165, 1.54) is 12.1 Å². The summed E-state index contributed by atoms with van der Waals surface area (Å²) in [5.74, 6) is 4.86. The van der Waals surface area contributed by atoms with Crippen molar-refractivity contribution < 1.29 is 9.50 Å². The Morgan fingerprint density at radius 1 is 1.47 bits per heavy atom. The predicted octanol–water partition coefficient (Wildman–Crippen LogP) is 1.76. The minimum Gasteiger partial charge on any atom is -0.384 e. The highest BCUT2D eigenvalue weighted by Crippen LogP contribution is 2.13. The summed E-state index contributed by atoms with van der Waals surface area (Å²) in [7, 11) is 1.90. The maximum Gasteiger partial charge on any atom is 0.124 e. The van der Waals surface area contributed by atoms with E-state index < -0.39 is 0 Å². The summed E-state index contributed by atoms with van der Waals surface area (Å²) >= 11 is 0. The number of rotatable bonds is 4. The summed E-state index contributed by atoms with van der Waals surface area (Å²) in [5.41, 5.74) is 1.46. The molecule has 0 saturated heterocycles. The van der Waals surface area contributed by atoms with E-state index >= 15 is 0 Å². The van der Waals surface area contributed by atoms with Crippen LogP contribution in [0.2, 0.25) is 0 Å². The van der Waals surface area contributed by atoms with Crippen LogP contribution in [0.15, 0.2) is 18.2 Å². The maximum absolute atomic E-state index is 13.2. The molecule has 0 spiro atoms. The van der Waals surface area contributed by atoms with E-state index in [2.05, 4.69) is 17.9 Å². The maximum atomic E-state index is 13.2. The van der Waals surface area contributed by atoms with Gasteiger partial charge < -0.3 is 10.0 Å². The van der Waals surface area contributed by atoms with Gasteiger partial charge in [0.05, 0.1) is 12.0 Å². The second kappa shape index (κ2) is 7.53. The molecular weight excluding hydrogens is 243 g/mol. The zero-order valence-electron chi connectivity index (χ0n) is 11.2. The minimum atomic E-state index is -0.348. The van der Waals surface area contributed by atoms with Crippen LogP contribution < -0.4 is 0 Å². The third-order valence-corrected chi connectivity index (χ3v) is 2.62. The van der Waals surface area contributed by atoms with Crippen molar-refractivity contribution in [1.82, 2.24) is 4.90 Å². The summed E-state index contributed by atoms with van der Waals surface area (Å²) in [6.07, 6.45) is 0. The van der Waals surface area contributed by atoms with Crippen LogP contribution in [0, 0.1) is 34.9 Å². The van der Waals surface area contributed by atoms with Crippen LogP contribution in [0.1, 0.15) is 18.1 Å². The second-order valence-electron chi connectivity index (χ2n) is 4.49. The van der Waals surface area contributed by atoms with Gasteiger partial charge in [0.15, 0.2) is 0 Å². The molecule has 100 valence electrons. The fraction of sp³-hybridized carbons (Fsp3) is 0.400. The van der Waals surface area contributed by atoms with Crippen molar-refractivity contribution in [2.75, 3.05) is 20.2 Å². The first-order chi connectivity index (χ1) is 9.06. The molecule has 1 rings (SSSR count). The molecule has 0 radical (unpaired) electrons. The van der Waals surface area contributed by atoms with E-state index in [0.717, 1.165) is 5.56 Å². The van der Waals surface area contributed by atoms with E-state index in [1.54, 1.807) is 6.07 Å². The monoisotopic (exact) mass is 260 g/mol. The van der Waals surface area contributed by atoms with Crippen LogP contribution in [0.4, 0.5) is 4.39 Å². The molecule has 0 heterocycles. The Balaban J connectivity index is 2.85. The summed E-state index contributed by atoms with van der Waals surface area (Å²) < 4.78 is 13.2. The fourth-order valence-corrected chi connectivity index (χ4v) is 1.80. The lowest BCUT2D eigenvalue weighted by Gasteiger charge is -2.18. The summed E-state index contributed by atoms with van der Waals surface area (Å²) in [4.78, 5) is 1.99. The lowest BCUT2D eigenvalue weighted by atomic mass is 10.1. The smallest absolute Gasteiger partial charge is 0.124 e. The van der Waals surface area contributed by atoms with Gasteiger partial charge in [-0.2, -0.15) is 5.26 Å². The molecule has 1 N–H and O–H groups in total. The number of halogens is 1. The number of nitrogens with zero attached hydrogens (tertiary/aromatic N) is 2. The normalized spacial score (nSPS) is 11.6. The highest BCUT2D eigenvalue weighted by Gasteiger charge is 2.08. The molecule has 0 aliphatic carbocycles. The van der Waals surface area contributed by atoms with Gasteiger partial charge in [-0.1, -0.05) is 17.9 Å². The van der Waals surface area contributed by atoms with Gasteiger partial charge >= 0.3 is 0 Å². The van der Waals surface area contributed by atoms with Crippen molar-refractivity contribution in [2.24, 2.45) is 5.92 Å². The van der Waals surface area contributed by atoms with Crippen molar-refractivity contribution in [3.05, 3.63) is 35.1 Å². The van der Waals surface area contributed by atoms with Crippen molar-refractivity contribution in [3.8, 4) is 17.9 Å². The van der Waals surface area contributed by atoms with Gasteiger partial charge in [0.25, 0.3) is 0 Å². The number of hydrogen-bond acceptors (Lipinski definition) is 3. The first-order valence-corrected chi connectivity index (χ1v) is 6.03. The Morgan fingerprint density at radius 2 is 2.21 bits per heavy atom. The zero-order valence-corrected chi connectivity index (χ0v) is 11.2. The van der Waals surface area contributed by atoms with Crippen molar-refractivity contribution in [1.29, 1.82) is 5.26 Å². The highest BCUT2D eigenvalue weighted by atomic mass is 19.1. The Kier molecular flexibility index (Phi) is 6.02. The van der Waals surface area contributed by atoms with Crippen LogP contribution >= 0.6 is 0 Å². The SMILES string of the molecule is CC(C#N)CN(C)Cc1ccc(F)cc1C#CCO. The molecule has 4 heteroatoms. The fourth-order valence-electron chi connectivity index (χ4n) is 1.80. The number of benzene rings is 1. The molecule has 0 aliphatic rings. The summed E-state index contributed by atoms with van der Waals surface area (Å²) in [6, 6.07) is 6.61. The molecule has 0 amide bonds. The standard InChI is InChI=1S/C15H17FN2O/c1-12(9-17)10-18(2)11-14-5-6-15(16)8-13(14)4-3-7-19/h5-6,8,12,19H,7,10-11H2,1-2H3. The summed E-state index contributed by atoms with van der Waals surface area (Å²) in [6.45, 7) is 2.83. The van der Waals surface area contributed by atoms with Crippen molar-refractivity contribution in [2.45, 2.75) is 13.5 Å². The second-order valence-corrected chi connectivity index (χ2v) is 4.49. The molecule has 0 fully saturated rings. The number of aliphatic hydroxyl groups excluding tert-OH is 1. The Labute approximate surface area is 113 Å². The van der Waals surface area contributed by atoms with Gasteiger partial charge in [-0.15, -0.1) is 0 Å². The van der Waals surface area contributed by atoms with E-state index in [0.29, 0.717) is 18.7 Å². The van der Waals surface area contributed by atoms with E-state index in [4.69, 9.17) is 10.4 Å². The number of aliphatic hydroxyl groups is 1. The molecule has 19 heavy (non-hydrogen) atoms. The lowest BCUT2D eigenvalue weighted by Crippen LogP contribution is -2.23. The molecule has 0 saturated carbocycles. The molecule has 1 aromatic carbocycles. The minimum absolute atomic E-state index is 0.0579. The van der Waals surface area contributed by atoms with Crippen molar-refractivity contribution >= 4 is 0 Å². The van der Waals surface area contributed by atoms with Gasteiger partial charge in [-0.05, 0) is 31.7 Å². The van der Waals surface area contributed by atoms with E-state index in [9.17, 15) is 4.39 Å². The van der Waals surface area contributed by atoms with Crippen LogP contribution in [0.25, 0.3) is 0 Å². The highest BCUT2D eigenvalue weighted by molar-refractivity contribution is 5.41. The van der Waals surface area contributed by atoms with Gasteiger partial charge in [-0.3, -0.25) is 0 Å². The van der Waals surface area contributed by atoms with Gasteiger partial charge in [0, 0.05) is 18.7 Å². The van der Waals surface area contributed by atoms with Gasteiger partial charge in [0.2, 0.25) is 0 Å². The first kappa shape index (κ1) is 15.2. The Bertz CT molecular complexity index is 525. The number of nitriles is 1. The summed E-state index contributed by atoms with van der Waals surface area (Å²) in [5, 5.41) is 17.5. The molecule has 0 aliphatic heterocycles. The van der Waals surface area contributed by atoms with Crippen LogP contribution in [-0.4, -0.2) is 30.2 Å². The molecular formula is C15H17FN2O. The average molecular weight is 260 g/mol. The van der Waals surface area contributed by atoms with Gasteiger partial charge in [0.1, 0.15) is 12.4 Å². The lowest BCUT2D eigenvalue weighted by molar-refractivity contribution is 0.303. The van der Waals surface area contributed by atoms with E-state index in [-0.39, 0.29) is 18.3 Å². The van der Waals surface area contributed by atoms with E-state index in [1.807, 2.05) is 18.9 Å². The molecule has 0 bridgehead atoms. The molecule has 1 atom stereocenters. The van der Waals surface area contributed by atoms with Crippen LogP contribution in [0.3, 0.4) is 0 Å². The topological polar surface area (TPSA) is 47.3 Å². The Hall–Kier alpha value is -1.88.